The van der Waals surface area contributed by atoms with Crippen LogP contribution in [0.5, 0.6) is 5.75 Å². The van der Waals surface area contributed by atoms with Gasteiger partial charge in [0.25, 0.3) is 5.91 Å². The Bertz CT molecular complexity index is 1100. The molecule has 7 nitrogen and oxygen atoms in total. The molecule has 2 aliphatic rings. The number of carbonyl (C=O) groups excluding carboxylic acids is 1. The minimum Gasteiger partial charge on any atom is -0.497 e. The molecular weight excluding hydrogens is 440 g/mol. The highest BCUT2D eigenvalue weighted by atomic mass is 32.2. The summed E-state index contributed by atoms with van der Waals surface area (Å²) in [6, 6.07) is 13.1. The lowest BCUT2D eigenvalue weighted by atomic mass is 10.0. The Morgan fingerprint density at radius 1 is 1.12 bits per heavy atom. The number of morpholine rings is 1. The molecule has 178 valence electrons. The lowest BCUT2D eigenvalue weighted by Crippen LogP contribution is -2.41. The van der Waals surface area contributed by atoms with E-state index in [1.165, 1.54) is 4.31 Å². The molecule has 1 atom stereocenters. The van der Waals surface area contributed by atoms with E-state index in [0.29, 0.717) is 44.8 Å². The average Bonchev–Trinajstić information content (AvgIpc) is 3.31. The highest BCUT2D eigenvalue weighted by Gasteiger charge is 2.32. The number of rotatable bonds is 7. The standard InChI is InChI=1S/C25H32N2O5S/c1-3-20-9-10-21(18-24(20)33(29,30)26-12-14-32-15-13-26)25(28)27-11-5-7-22(27)16-19-6-4-8-23(17-19)31-2/h4,6,8-10,17-18,22H,3,5,7,11-16H2,1-2H3. The summed E-state index contributed by atoms with van der Waals surface area (Å²) in [6.45, 7) is 4.04. The third kappa shape index (κ3) is 5.08. The number of carbonyl (C=O) groups is 1. The number of aryl methyl sites for hydroxylation is 1. The largest absolute Gasteiger partial charge is 0.497 e. The van der Waals surface area contributed by atoms with E-state index in [1.807, 2.05) is 36.1 Å². The van der Waals surface area contributed by atoms with Gasteiger partial charge in [-0.1, -0.05) is 25.1 Å². The molecule has 0 aliphatic carbocycles. The van der Waals surface area contributed by atoms with E-state index in [2.05, 4.69) is 0 Å². The summed E-state index contributed by atoms with van der Waals surface area (Å²) in [7, 11) is -2.04. The van der Waals surface area contributed by atoms with Gasteiger partial charge >= 0.3 is 0 Å². The molecular formula is C25H32N2O5S. The van der Waals surface area contributed by atoms with Gasteiger partial charge in [0.05, 0.1) is 25.2 Å². The predicted octanol–water partition coefficient (Wildman–Crippen LogP) is 3.13. The second kappa shape index (κ2) is 10.2. The van der Waals surface area contributed by atoms with Gasteiger partial charge in [-0.2, -0.15) is 4.31 Å². The summed E-state index contributed by atoms with van der Waals surface area (Å²) in [4.78, 5) is 15.6. The first kappa shape index (κ1) is 23.7. The Morgan fingerprint density at radius 3 is 2.64 bits per heavy atom. The molecule has 0 radical (unpaired) electrons. The highest BCUT2D eigenvalue weighted by molar-refractivity contribution is 7.89. The molecule has 2 heterocycles. The van der Waals surface area contributed by atoms with Crippen molar-refractivity contribution in [3.05, 3.63) is 59.2 Å². The first-order chi connectivity index (χ1) is 15.9. The number of hydrogen-bond donors (Lipinski definition) is 0. The third-order valence-corrected chi connectivity index (χ3v) is 8.51. The van der Waals surface area contributed by atoms with Crippen LogP contribution in [0.3, 0.4) is 0 Å². The van der Waals surface area contributed by atoms with E-state index in [-0.39, 0.29) is 16.8 Å². The highest BCUT2D eigenvalue weighted by Crippen LogP contribution is 2.28. The van der Waals surface area contributed by atoms with Crippen molar-refractivity contribution in [1.82, 2.24) is 9.21 Å². The van der Waals surface area contributed by atoms with Gasteiger partial charge in [0, 0.05) is 31.2 Å². The zero-order valence-corrected chi connectivity index (χ0v) is 20.1. The van der Waals surface area contributed by atoms with Gasteiger partial charge in [0.2, 0.25) is 10.0 Å². The lowest BCUT2D eigenvalue weighted by molar-refractivity contribution is 0.0727. The molecule has 1 amide bonds. The summed E-state index contributed by atoms with van der Waals surface area (Å²) in [5, 5.41) is 0. The van der Waals surface area contributed by atoms with E-state index in [1.54, 1.807) is 25.3 Å². The van der Waals surface area contributed by atoms with Crippen molar-refractivity contribution in [2.45, 2.75) is 43.5 Å². The van der Waals surface area contributed by atoms with Crippen LogP contribution in [0, 0.1) is 0 Å². The lowest BCUT2D eigenvalue weighted by Gasteiger charge is -2.28. The summed E-state index contributed by atoms with van der Waals surface area (Å²) in [5.74, 6) is 0.693. The van der Waals surface area contributed by atoms with Crippen LogP contribution >= 0.6 is 0 Å². The Balaban J connectivity index is 1.59. The van der Waals surface area contributed by atoms with Gasteiger partial charge in [-0.05, 0) is 61.1 Å². The molecule has 2 fully saturated rings. The number of methoxy groups -OCH3 is 1. The fraction of sp³-hybridized carbons (Fsp3) is 0.480. The van der Waals surface area contributed by atoms with Crippen molar-refractivity contribution >= 4 is 15.9 Å². The predicted molar refractivity (Wildman–Crippen MR) is 126 cm³/mol. The summed E-state index contributed by atoms with van der Waals surface area (Å²) >= 11 is 0. The van der Waals surface area contributed by atoms with Crippen LogP contribution in [-0.4, -0.2) is 69.5 Å². The number of nitrogens with zero attached hydrogens (tertiary/aromatic N) is 2. The van der Waals surface area contributed by atoms with Crippen molar-refractivity contribution < 1.29 is 22.7 Å². The Morgan fingerprint density at radius 2 is 1.91 bits per heavy atom. The van der Waals surface area contributed by atoms with E-state index in [9.17, 15) is 13.2 Å². The van der Waals surface area contributed by atoms with Crippen molar-refractivity contribution in [3.8, 4) is 5.75 Å². The first-order valence-electron chi connectivity index (χ1n) is 11.6. The van der Waals surface area contributed by atoms with Gasteiger partial charge in [0.15, 0.2) is 0 Å². The molecule has 4 rings (SSSR count). The van der Waals surface area contributed by atoms with Gasteiger partial charge < -0.3 is 14.4 Å². The molecule has 0 aromatic heterocycles. The normalized spacial score (nSPS) is 19.6. The maximum absolute atomic E-state index is 13.5. The number of sulfonamides is 1. The van der Waals surface area contributed by atoms with Crippen LogP contribution in [0.15, 0.2) is 47.4 Å². The topological polar surface area (TPSA) is 76.2 Å². The van der Waals surface area contributed by atoms with E-state index >= 15 is 0 Å². The molecule has 2 aromatic rings. The second-order valence-corrected chi connectivity index (χ2v) is 10.4. The number of hydrogen-bond acceptors (Lipinski definition) is 5. The number of amides is 1. The number of benzene rings is 2. The van der Waals surface area contributed by atoms with Crippen molar-refractivity contribution in [1.29, 1.82) is 0 Å². The van der Waals surface area contributed by atoms with Crippen LogP contribution in [0.4, 0.5) is 0 Å². The molecule has 8 heteroatoms. The van der Waals surface area contributed by atoms with Gasteiger partial charge in [-0.25, -0.2) is 8.42 Å². The fourth-order valence-corrected chi connectivity index (χ4v) is 6.43. The number of likely N-dealkylation sites (tertiary alicyclic amines) is 1. The van der Waals surface area contributed by atoms with Crippen LogP contribution < -0.4 is 4.74 Å². The molecule has 0 saturated carbocycles. The average molecular weight is 473 g/mol. The summed E-state index contributed by atoms with van der Waals surface area (Å²) in [6.07, 6.45) is 3.19. The maximum atomic E-state index is 13.5. The fourth-order valence-electron chi connectivity index (χ4n) is 4.70. The first-order valence-corrected chi connectivity index (χ1v) is 13.0. The molecule has 0 spiro atoms. The third-order valence-electron chi connectivity index (χ3n) is 6.53. The van der Waals surface area contributed by atoms with Crippen LogP contribution in [0.1, 0.15) is 41.3 Å². The SMILES string of the molecule is CCc1ccc(C(=O)N2CCCC2Cc2cccc(OC)c2)cc1S(=O)(=O)N1CCOCC1. The Hall–Kier alpha value is -2.42. The van der Waals surface area contributed by atoms with Crippen LogP contribution in [0.2, 0.25) is 0 Å². The van der Waals surface area contributed by atoms with Gasteiger partial charge in [-0.3, -0.25) is 4.79 Å². The smallest absolute Gasteiger partial charge is 0.254 e. The molecule has 2 saturated heterocycles. The Kier molecular flexibility index (Phi) is 7.36. The summed E-state index contributed by atoms with van der Waals surface area (Å²) < 4.78 is 38.8. The maximum Gasteiger partial charge on any atom is 0.254 e. The van der Waals surface area contributed by atoms with Gasteiger partial charge in [-0.15, -0.1) is 0 Å². The molecule has 0 N–H and O–H groups in total. The second-order valence-electron chi connectivity index (χ2n) is 8.54. The minimum atomic E-state index is -3.69. The molecule has 1 unspecified atom stereocenters. The van der Waals surface area contributed by atoms with Crippen molar-refractivity contribution in [2.24, 2.45) is 0 Å². The molecule has 0 bridgehead atoms. The number of ether oxygens (including phenoxy) is 2. The van der Waals surface area contributed by atoms with E-state index < -0.39 is 10.0 Å². The molecule has 2 aliphatic heterocycles. The zero-order valence-electron chi connectivity index (χ0n) is 19.3. The zero-order chi connectivity index (χ0) is 23.4. The van der Waals surface area contributed by atoms with Gasteiger partial charge in [0.1, 0.15) is 5.75 Å². The van der Waals surface area contributed by atoms with E-state index in [0.717, 1.165) is 36.1 Å². The van der Waals surface area contributed by atoms with E-state index in [4.69, 9.17) is 9.47 Å². The van der Waals surface area contributed by atoms with Crippen molar-refractivity contribution in [3.63, 3.8) is 0 Å². The van der Waals surface area contributed by atoms with Crippen molar-refractivity contribution in [2.75, 3.05) is 40.0 Å². The summed E-state index contributed by atoms with van der Waals surface area (Å²) in [5.41, 5.74) is 2.28. The van der Waals surface area contributed by atoms with Crippen LogP contribution in [-0.2, 0) is 27.6 Å². The molecule has 33 heavy (non-hydrogen) atoms. The molecule has 2 aromatic carbocycles. The minimum absolute atomic E-state index is 0.0785. The monoisotopic (exact) mass is 472 g/mol. The Labute approximate surface area is 196 Å². The quantitative estimate of drug-likeness (QED) is 0.619. The van der Waals surface area contributed by atoms with Crippen LogP contribution in [0.25, 0.3) is 0 Å².